The highest BCUT2D eigenvalue weighted by Crippen LogP contribution is 2.21. The van der Waals surface area contributed by atoms with Crippen molar-refractivity contribution in [3.8, 4) is 0 Å². The number of rotatable bonds is 9. The topological polar surface area (TPSA) is 80.5 Å². The predicted octanol–water partition coefficient (Wildman–Crippen LogP) is 5.44. The Labute approximate surface area is 200 Å². The van der Waals surface area contributed by atoms with Gasteiger partial charge in [0.2, 0.25) is 5.89 Å². The molecule has 3 aromatic rings. The zero-order valence-corrected chi connectivity index (χ0v) is 21.2. The van der Waals surface area contributed by atoms with Crippen LogP contribution in [0.1, 0.15) is 61.7 Å². The van der Waals surface area contributed by atoms with Crippen LogP contribution in [0.5, 0.6) is 0 Å². The van der Waals surface area contributed by atoms with Crippen molar-refractivity contribution in [1.29, 1.82) is 0 Å². The molecule has 2 heterocycles. The molecule has 0 atom stereocenters. The molecule has 7 nitrogen and oxygen atoms in total. The first-order valence-electron chi connectivity index (χ1n) is 11.2. The van der Waals surface area contributed by atoms with E-state index in [0.717, 1.165) is 19.5 Å². The fraction of sp³-hybridized carbons (Fsp3) is 0.480. The van der Waals surface area contributed by atoms with E-state index in [9.17, 15) is 4.79 Å². The molecule has 0 aliphatic carbocycles. The molecule has 0 spiro atoms. The van der Waals surface area contributed by atoms with Gasteiger partial charge in [-0.05, 0) is 65.7 Å². The summed E-state index contributed by atoms with van der Waals surface area (Å²) in [7, 11) is 0. The van der Waals surface area contributed by atoms with E-state index < -0.39 is 17.2 Å². The average Bonchev–Trinajstić information content (AvgIpc) is 3.34. The summed E-state index contributed by atoms with van der Waals surface area (Å²) in [6.07, 6.45) is 0.411. The van der Waals surface area contributed by atoms with Crippen LogP contribution in [-0.2, 0) is 29.8 Å². The fourth-order valence-electron chi connectivity index (χ4n) is 3.32. The third-order valence-electron chi connectivity index (χ3n) is 4.93. The first-order chi connectivity index (χ1) is 15.5. The predicted molar refractivity (Wildman–Crippen MR) is 130 cm³/mol. The Hall–Kier alpha value is -2.71. The van der Waals surface area contributed by atoms with Gasteiger partial charge in [-0.3, -0.25) is 4.90 Å². The molecule has 0 fully saturated rings. The third-order valence-corrected chi connectivity index (χ3v) is 5.92. The quantitative estimate of drug-likeness (QED) is 0.448. The summed E-state index contributed by atoms with van der Waals surface area (Å²) in [6.45, 7) is 13.4. The first kappa shape index (κ1) is 24.9. The summed E-state index contributed by atoms with van der Waals surface area (Å²) in [5.74, 6) is 0.934. The zero-order valence-electron chi connectivity index (χ0n) is 20.3. The van der Waals surface area contributed by atoms with Gasteiger partial charge in [0.05, 0.1) is 6.54 Å². The molecule has 0 saturated carbocycles. The monoisotopic (exact) mass is 470 g/mol. The van der Waals surface area contributed by atoms with Gasteiger partial charge in [-0.25, -0.2) is 4.79 Å². The van der Waals surface area contributed by atoms with E-state index in [-0.39, 0.29) is 0 Å². The van der Waals surface area contributed by atoms with Crippen molar-refractivity contribution >= 4 is 17.4 Å². The number of hydrogen-bond acceptors (Lipinski definition) is 7. The van der Waals surface area contributed by atoms with Crippen molar-refractivity contribution in [2.45, 2.75) is 72.2 Å². The maximum Gasteiger partial charge on any atom is 0.408 e. The third kappa shape index (κ3) is 7.98. The molecule has 0 aliphatic heterocycles. The molecule has 1 amide bonds. The Morgan fingerprint density at radius 3 is 2.45 bits per heavy atom. The van der Waals surface area contributed by atoms with Crippen LogP contribution in [-0.4, -0.2) is 33.3 Å². The molecule has 3 rings (SSSR count). The largest absolute Gasteiger partial charge is 0.444 e. The number of thiophene rings is 1. The summed E-state index contributed by atoms with van der Waals surface area (Å²) in [6, 6.07) is 14.8. The van der Waals surface area contributed by atoms with Gasteiger partial charge >= 0.3 is 6.09 Å². The van der Waals surface area contributed by atoms with Crippen molar-refractivity contribution in [1.82, 2.24) is 20.4 Å². The van der Waals surface area contributed by atoms with Gasteiger partial charge in [0, 0.05) is 22.8 Å². The van der Waals surface area contributed by atoms with E-state index in [4.69, 9.17) is 9.26 Å². The van der Waals surface area contributed by atoms with Gasteiger partial charge in [0.25, 0.3) is 0 Å². The van der Waals surface area contributed by atoms with Crippen LogP contribution >= 0.6 is 11.3 Å². The van der Waals surface area contributed by atoms with E-state index in [1.807, 2.05) is 40.7 Å². The van der Waals surface area contributed by atoms with Crippen LogP contribution in [0.4, 0.5) is 4.79 Å². The van der Waals surface area contributed by atoms with Gasteiger partial charge in [0.1, 0.15) is 11.1 Å². The number of amides is 1. The lowest BCUT2D eigenvalue weighted by atomic mass is 10.1. The number of aromatic nitrogens is 2. The van der Waals surface area contributed by atoms with Crippen molar-refractivity contribution in [3.05, 3.63) is 69.5 Å². The lowest BCUT2D eigenvalue weighted by molar-refractivity contribution is 0.0465. The Kier molecular flexibility index (Phi) is 7.92. The number of carbonyl (C=O) groups excluding carboxylic acids is 1. The van der Waals surface area contributed by atoms with Gasteiger partial charge in [-0.2, -0.15) is 4.98 Å². The smallest absolute Gasteiger partial charge is 0.408 e. The minimum absolute atomic E-state index is 0.415. The molecule has 0 aliphatic rings. The maximum atomic E-state index is 12.2. The highest BCUT2D eigenvalue weighted by atomic mass is 32.1. The molecule has 0 unspecified atom stereocenters. The minimum Gasteiger partial charge on any atom is -0.444 e. The zero-order chi connectivity index (χ0) is 24.1. The molecule has 2 aromatic heterocycles. The van der Waals surface area contributed by atoms with Crippen LogP contribution in [0.25, 0.3) is 0 Å². The molecule has 0 bridgehead atoms. The fourth-order valence-corrected chi connectivity index (χ4v) is 4.25. The number of aryl methyl sites for hydroxylation is 1. The van der Waals surface area contributed by atoms with Crippen LogP contribution in [0, 0.1) is 6.92 Å². The maximum absolute atomic E-state index is 12.2. The molecule has 33 heavy (non-hydrogen) atoms. The summed E-state index contributed by atoms with van der Waals surface area (Å²) in [4.78, 5) is 21.7. The van der Waals surface area contributed by atoms with Crippen LogP contribution in [0.15, 0.2) is 47.0 Å². The van der Waals surface area contributed by atoms with Crippen LogP contribution in [0.2, 0.25) is 0 Å². The lowest BCUT2D eigenvalue weighted by Gasteiger charge is -2.26. The highest BCUT2D eigenvalue weighted by Gasteiger charge is 2.31. The summed E-state index contributed by atoms with van der Waals surface area (Å²) in [5.41, 5.74) is -0.120. The van der Waals surface area contributed by atoms with Crippen LogP contribution < -0.4 is 5.32 Å². The highest BCUT2D eigenvalue weighted by molar-refractivity contribution is 7.11. The van der Waals surface area contributed by atoms with Gasteiger partial charge in [0.15, 0.2) is 5.82 Å². The Morgan fingerprint density at radius 1 is 1.09 bits per heavy atom. The second kappa shape index (κ2) is 10.5. The van der Waals surface area contributed by atoms with Crippen molar-refractivity contribution in [2.75, 3.05) is 6.54 Å². The molecule has 8 heteroatoms. The SMILES string of the molecule is Cc1ccc(CN(CCc2ccccc2)Cc2nc(C(C)(C)NC(=O)OC(C)(C)C)no2)s1. The molecular weight excluding hydrogens is 436 g/mol. The number of ether oxygens (including phenoxy) is 1. The summed E-state index contributed by atoms with van der Waals surface area (Å²) < 4.78 is 10.9. The number of carbonyl (C=O) groups is 1. The first-order valence-corrected chi connectivity index (χ1v) is 12.0. The van der Waals surface area contributed by atoms with E-state index in [1.165, 1.54) is 15.3 Å². The van der Waals surface area contributed by atoms with Gasteiger partial charge in [-0.1, -0.05) is 35.5 Å². The Bertz CT molecular complexity index is 1040. The second-order valence-electron chi connectivity index (χ2n) is 9.72. The molecule has 0 saturated heterocycles. The number of alkyl carbamates (subject to hydrolysis) is 1. The number of nitrogens with one attached hydrogen (secondary N) is 1. The Morgan fingerprint density at radius 2 is 1.82 bits per heavy atom. The van der Waals surface area contributed by atoms with E-state index in [1.54, 1.807) is 11.3 Å². The standard InChI is InChI=1S/C25H34N4O3S/c1-18-12-13-20(33-18)16-29(15-14-19-10-8-7-9-11-19)17-21-26-22(28-32-21)25(5,6)27-23(30)31-24(2,3)4/h7-13H,14-17H2,1-6H3,(H,27,30). The second-order valence-corrected chi connectivity index (χ2v) is 11.1. The van der Waals surface area contributed by atoms with E-state index in [2.05, 4.69) is 63.7 Å². The number of hydrogen-bond donors (Lipinski definition) is 1. The molecule has 178 valence electrons. The van der Waals surface area contributed by atoms with Crippen molar-refractivity contribution in [3.63, 3.8) is 0 Å². The molecule has 0 radical (unpaired) electrons. The van der Waals surface area contributed by atoms with Crippen LogP contribution in [0.3, 0.4) is 0 Å². The summed E-state index contributed by atoms with van der Waals surface area (Å²) >= 11 is 1.80. The normalized spacial score (nSPS) is 12.2. The molecular formula is C25H34N4O3S. The van der Waals surface area contributed by atoms with E-state index in [0.29, 0.717) is 18.3 Å². The molecule has 1 N–H and O–H groups in total. The number of benzene rings is 1. The number of nitrogens with zero attached hydrogens (tertiary/aromatic N) is 3. The van der Waals surface area contributed by atoms with Crippen molar-refractivity contribution in [2.24, 2.45) is 0 Å². The molecule has 1 aromatic carbocycles. The van der Waals surface area contributed by atoms with E-state index >= 15 is 0 Å². The van der Waals surface area contributed by atoms with Crippen molar-refractivity contribution < 1.29 is 14.1 Å². The Balaban J connectivity index is 1.68. The van der Waals surface area contributed by atoms with Gasteiger partial charge in [-0.15, -0.1) is 11.3 Å². The summed E-state index contributed by atoms with van der Waals surface area (Å²) in [5, 5.41) is 6.97. The average molecular weight is 471 g/mol. The van der Waals surface area contributed by atoms with Gasteiger partial charge < -0.3 is 14.6 Å². The lowest BCUT2D eigenvalue weighted by Crippen LogP contribution is -2.44. The minimum atomic E-state index is -0.830.